The van der Waals surface area contributed by atoms with E-state index in [-0.39, 0.29) is 22.8 Å². The number of carbonyl (C=O) groups excluding carboxylic acids is 1. The van der Waals surface area contributed by atoms with Crippen LogP contribution in [0.1, 0.15) is 78.8 Å². The molecule has 10 heteroatoms. The Morgan fingerprint density at radius 1 is 1.07 bits per heavy atom. The van der Waals surface area contributed by atoms with Gasteiger partial charge in [-0.3, -0.25) is 14.2 Å². The number of benzene rings is 3. The Balaban J connectivity index is 1.43. The summed E-state index contributed by atoms with van der Waals surface area (Å²) in [7, 11) is -4.50. The highest BCUT2D eigenvalue weighted by atomic mass is 32.2. The van der Waals surface area contributed by atoms with E-state index >= 15 is 0 Å². The Morgan fingerprint density at radius 2 is 1.80 bits per heavy atom. The maximum absolute atomic E-state index is 14.3. The zero-order chi connectivity index (χ0) is 31.7. The van der Waals surface area contributed by atoms with Crippen LogP contribution in [-0.4, -0.2) is 35.0 Å². The largest absolute Gasteiger partial charge is 0.492 e. The van der Waals surface area contributed by atoms with Gasteiger partial charge in [0.2, 0.25) is 15.7 Å². The van der Waals surface area contributed by atoms with Crippen LogP contribution in [0.3, 0.4) is 0 Å². The highest BCUT2D eigenvalue weighted by Crippen LogP contribution is 2.44. The van der Waals surface area contributed by atoms with Crippen molar-refractivity contribution in [3.8, 4) is 23.1 Å². The quantitative estimate of drug-likeness (QED) is 0.223. The van der Waals surface area contributed by atoms with Crippen molar-refractivity contribution in [3.05, 3.63) is 106 Å². The van der Waals surface area contributed by atoms with E-state index in [1.807, 2.05) is 19.1 Å². The molecule has 1 unspecified atom stereocenters. The summed E-state index contributed by atoms with van der Waals surface area (Å²) >= 11 is 0. The fraction of sp³-hybridized carbons (Fsp3) is 0.314. The number of amides is 1. The first-order valence-electron chi connectivity index (χ1n) is 15.3. The maximum atomic E-state index is 14.3. The highest BCUT2D eigenvalue weighted by Gasteiger charge is 2.38. The number of aryl methyl sites for hydroxylation is 1. The number of aromatic nitrogens is 2. The smallest absolute Gasteiger partial charge is 0.277 e. The van der Waals surface area contributed by atoms with Gasteiger partial charge in [0, 0.05) is 18.0 Å². The minimum absolute atomic E-state index is 0.0652. The van der Waals surface area contributed by atoms with Crippen LogP contribution in [0, 0.1) is 17.2 Å². The van der Waals surface area contributed by atoms with Crippen molar-refractivity contribution in [3.63, 3.8) is 0 Å². The van der Waals surface area contributed by atoms with Gasteiger partial charge in [0.25, 0.3) is 11.5 Å². The van der Waals surface area contributed by atoms with Crippen molar-refractivity contribution in [2.24, 2.45) is 5.92 Å². The zero-order valence-corrected chi connectivity index (χ0v) is 25.8. The van der Waals surface area contributed by atoms with E-state index in [2.05, 4.69) is 16.4 Å². The summed E-state index contributed by atoms with van der Waals surface area (Å²) in [5.74, 6) is -0.631. The number of unbranched alkanes of at least 4 members (excludes halogenated alkanes) is 1. The van der Waals surface area contributed by atoms with E-state index in [1.165, 1.54) is 16.7 Å². The molecule has 2 N–H and O–H groups in total. The molecule has 0 aliphatic heterocycles. The highest BCUT2D eigenvalue weighted by molar-refractivity contribution is 7.91. The molecule has 2 aliphatic rings. The average molecular weight is 623 g/mol. The van der Waals surface area contributed by atoms with Crippen molar-refractivity contribution < 1.29 is 18.3 Å². The topological polar surface area (TPSA) is 142 Å². The molecule has 0 bridgehead atoms. The number of nitrogens with one attached hydrogen (secondary N) is 1. The van der Waals surface area contributed by atoms with Gasteiger partial charge < -0.3 is 10.4 Å². The van der Waals surface area contributed by atoms with Crippen molar-refractivity contribution >= 4 is 15.7 Å². The molecule has 45 heavy (non-hydrogen) atoms. The summed E-state index contributed by atoms with van der Waals surface area (Å²) in [5, 5.41) is 23.5. The molecule has 3 aromatic carbocycles. The molecule has 4 aromatic rings. The van der Waals surface area contributed by atoms with Crippen LogP contribution in [0.4, 0.5) is 0 Å². The van der Waals surface area contributed by atoms with E-state index in [0.717, 1.165) is 37.7 Å². The molecule has 230 valence electrons. The fourth-order valence-corrected chi connectivity index (χ4v) is 7.12. The van der Waals surface area contributed by atoms with E-state index in [9.17, 15) is 28.4 Å². The number of sulfone groups is 1. The Hall–Kier alpha value is -4.75. The lowest BCUT2D eigenvalue weighted by Crippen LogP contribution is -2.34. The summed E-state index contributed by atoms with van der Waals surface area (Å²) < 4.78 is 29.5. The molecular formula is C35H34N4O5S. The Labute approximate surface area is 262 Å². The van der Waals surface area contributed by atoms with Gasteiger partial charge in [-0.05, 0) is 85.0 Å². The third-order valence-electron chi connectivity index (χ3n) is 8.42. The van der Waals surface area contributed by atoms with E-state index in [0.29, 0.717) is 40.9 Å². The lowest BCUT2D eigenvalue weighted by molar-refractivity contribution is 0.0951. The lowest BCUT2D eigenvalue weighted by atomic mass is 9.99. The van der Waals surface area contributed by atoms with Crippen LogP contribution in [0.2, 0.25) is 0 Å². The Morgan fingerprint density at radius 3 is 2.47 bits per heavy atom. The van der Waals surface area contributed by atoms with Gasteiger partial charge in [-0.25, -0.2) is 8.42 Å². The molecule has 6 rings (SSSR count). The average Bonchev–Trinajstić information content (AvgIpc) is 3.98. The number of hydrogen-bond donors (Lipinski definition) is 2. The number of nitrogens with zero attached hydrogens (tertiary/aromatic N) is 3. The van der Waals surface area contributed by atoms with Crippen LogP contribution in [0.5, 0.6) is 5.88 Å². The van der Waals surface area contributed by atoms with Crippen LogP contribution in [-0.2, 0) is 16.3 Å². The van der Waals surface area contributed by atoms with E-state index < -0.39 is 32.2 Å². The summed E-state index contributed by atoms with van der Waals surface area (Å²) in [6.45, 7) is 2.00. The molecule has 2 saturated carbocycles. The molecule has 1 heterocycles. The van der Waals surface area contributed by atoms with Crippen LogP contribution in [0.25, 0.3) is 11.1 Å². The van der Waals surface area contributed by atoms with Gasteiger partial charge in [0.05, 0.1) is 22.6 Å². The molecule has 2 fully saturated rings. The van der Waals surface area contributed by atoms with Gasteiger partial charge in [0.15, 0.2) is 4.90 Å². The van der Waals surface area contributed by atoms with Crippen molar-refractivity contribution in [1.82, 2.24) is 14.9 Å². The second-order valence-corrected chi connectivity index (χ2v) is 13.7. The number of hydrogen-bond acceptors (Lipinski definition) is 7. The Bertz CT molecular complexity index is 1970. The summed E-state index contributed by atoms with van der Waals surface area (Å²) in [5.41, 5.74) is 2.10. The number of nitriles is 1. The SMILES string of the molecule is CCCCc1nc(O)c(S(=O)(=O)c2ccc(-c3ccccc3C(=O)NC3CC3)cc2)c(=O)n1C(c1cccc(C#N)c1)C1CC1. The predicted octanol–water partition coefficient (Wildman–Crippen LogP) is 5.55. The van der Waals surface area contributed by atoms with Crippen LogP contribution >= 0.6 is 0 Å². The molecule has 2 aliphatic carbocycles. The van der Waals surface area contributed by atoms with E-state index in [4.69, 9.17) is 0 Å². The molecule has 1 amide bonds. The first-order valence-corrected chi connectivity index (χ1v) is 16.8. The third-order valence-corrected chi connectivity index (χ3v) is 10.2. The first kappa shape index (κ1) is 30.3. The summed E-state index contributed by atoms with van der Waals surface area (Å²) in [6.07, 6.45) is 5.47. The summed E-state index contributed by atoms with van der Waals surface area (Å²) in [4.78, 5) is 30.5. The number of carbonyl (C=O) groups is 1. The van der Waals surface area contributed by atoms with Crippen molar-refractivity contribution in [2.45, 2.75) is 73.7 Å². The van der Waals surface area contributed by atoms with Gasteiger partial charge >= 0.3 is 0 Å². The fourth-order valence-electron chi connectivity index (χ4n) is 5.77. The second kappa shape index (κ2) is 12.3. The van der Waals surface area contributed by atoms with Crippen molar-refractivity contribution in [2.75, 3.05) is 0 Å². The minimum atomic E-state index is -4.50. The third kappa shape index (κ3) is 6.13. The normalized spacial score (nSPS) is 15.3. The van der Waals surface area contributed by atoms with E-state index in [1.54, 1.807) is 48.5 Å². The molecule has 0 saturated heterocycles. The van der Waals surface area contributed by atoms with Gasteiger partial charge in [-0.2, -0.15) is 10.2 Å². The predicted molar refractivity (Wildman–Crippen MR) is 169 cm³/mol. The lowest BCUT2D eigenvalue weighted by Gasteiger charge is -2.24. The monoisotopic (exact) mass is 622 g/mol. The van der Waals surface area contributed by atoms with Crippen LogP contribution in [0.15, 0.2) is 87.4 Å². The molecule has 9 nitrogen and oxygen atoms in total. The van der Waals surface area contributed by atoms with Crippen LogP contribution < -0.4 is 10.9 Å². The molecule has 0 spiro atoms. The number of rotatable bonds is 11. The first-order chi connectivity index (χ1) is 21.7. The van der Waals surface area contributed by atoms with Gasteiger partial charge in [-0.15, -0.1) is 0 Å². The maximum Gasteiger partial charge on any atom is 0.277 e. The van der Waals surface area contributed by atoms with Crippen molar-refractivity contribution in [1.29, 1.82) is 5.26 Å². The second-order valence-electron chi connectivity index (χ2n) is 11.8. The molecular weight excluding hydrogens is 588 g/mol. The Kier molecular flexibility index (Phi) is 8.30. The standard InChI is InChI=1S/C35H34N4O5S/c1-2-3-11-30-38-34(41)32(35(42)39(30)31(24-12-13-24)25-8-6-7-22(20-25)21-36)45(43,44)27-18-14-23(15-19-27)28-9-4-5-10-29(28)33(40)37-26-16-17-26/h4-10,14-15,18-20,24,26,31,41H,2-3,11-13,16-17H2,1H3,(H,37,40). The zero-order valence-electron chi connectivity index (χ0n) is 24.9. The van der Waals surface area contributed by atoms with Gasteiger partial charge in [0.1, 0.15) is 5.82 Å². The number of aromatic hydroxyl groups is 1. The molecule has 1 aromatic heterocycles. The van der Waals surface area contributed by atoms with Gasteiger partial charge in [-0.1, -0.05) is 55.8 Å². The molecule has 1 atom stereocenters. The summed E-state index contributed by atoms with van der Waals surface area (Å²) in [6, 6.07) is 21.8. The minimum Gasteiger partial charge on any atom is -0.492 e. The molecule has 0 radical (unpaired) electrons.